The Balaban J connectivity index is 2.75. The molecule has 1 aliphatic rings. The smallest absolute Gasteiger partial charge is 0.140 e. The van der Waals surface area contributed by atoms with Gasteiger partial charge in [0, 0.05) is 0 Å². The lowest BCUT2D eigenvalue weighted by Gasteiger charge is -2.18. The van der Waals surface area contributed by atoms with Gasteiger partial charge in [-0.3, -0.25) is 9.59 Å². The summed E-state index contributed by atoms with van der Waals surface area (Å²) in [7, 11) is 0. The topological polar surface area (TPSA) is 34.1 Å². The number of Topliss-reactive ketones (excluding diaryl/α,β-unsaturated/α-hetero) is 2. The van der Waals surface area contributed by atoms with Crippen molar-refractivity contribution in [1.82, 2.24) is 0 Å². The number of carbonyl (C=O) groups excluding carboxylic acids is 2. The van der Waals surface area contributed by atoms with Crippen molar-refractivity contribution in [3.05, 3.63) is 12.2 Å². The first-order valence-corrected chi connectivity index (χ1v) is 5.30. The summed E-state index contributed by atoms with van der Waals surface area (Å²) in [5.74, 6) is -0.236. The summed E-state index contributed by atoms with van der Waals surface area (Å²) in [5, 5.41) is 0. The lowest BCUT2D eigenvalue weighted by molar-refractivity contribution is -0.131. The summed E-state index contributed by atoms with van der Waals surface area (Å²) in [6, 6.07) is 0. The van der Waals surface area contributed by atoms with Crippen molar-refractivity contribution >= 4 is 11.6 Å². The van der Waals surface area contributed by atoms with E-state index >= 15 is 0 Å². The second-order valence-corrected chi connectivity index (χ2v) is 4.08. The Kier molecular flexibility index (Phi) is 4.05. The molecule has 1 atom stereocenters. The van der Waals surface area contributed by atoms with E-state index in [0.717, 1.165) is 19.3 Å². The van der Waals surface area contributed by atoms with Crippen molar-refractivity contribution in [3.8, 4) is 0 Å². The van der Waals surface area contributed by atoms with Crippen LogP contribution >= 0.6 is 0 Å². The van der Waals surface area contributed by atoms with Gasteiger partial charge in [0.25, 0.3) is 0 Å². The number of allylic oxidation sites excluding steroid dienone is 2. The van der Waals surface area contributed by atoms with Gasteiger partial charge in [-0.2, -0.15) is 0 Å². The van der Waals surface area contributed by atoms with Gasteiger partial charge in [-0.25, -0.2) is 0 Å². The monoisotopic (exact) mass is 194 g/mol. The first-order chi connectivity index (χ1) is 6.63. The Hall–Kier alpha value is -0.920. The molecule has 0 saturated heterocycles. The highest BCUT2D eigenvalue weighted by atomic mass is 16.1. The van der Waals surface area contributed by atoms with Gasteiger partial charge in [-0.1, -0.05) is 18.6 Å². The van der Waals surface area contributed by atoms with Gasteiger partial charge in [0.2, 0.25) is 0 Å². The lowest BCUT2D eigenvalue weighted by atomic mass is 9.83. The van der Waals surface area contributed by atoms with Crippen LogP contribution in [0.5, 0.6) is 0 Å². The zero-order chi connectivity index (χ0) is 10.6. The number of ketones is 2. The number of carbonyl (C=O) groups is 2. The first-order valence-electron chi connectivity index (χ1n) is 5.30. The van der Waals surface area contributed by atoms with Gasteiger partial charge in [0.05, 0.1) is 5.92 Å². The Morgan fingerprint density at radius 2 is 1.86 bits per heavy atom. The second-order valence-electron chi connectivity index (χ2n) is 4.08. The normalized spacial score (nSPS) is 22.1. The van der Waals surface area contributed by atoms with Crippen LogP contribution in [-0.4, -0.2) is 11.6 Å². The molecule has 0 heterocycles. The number of hydrogen-bond acceptors (Lipinski definition) is 2. The van der Waals surface area contributed by atoms with E-state index in [-0.39, 0.29) is 17.5 Å². The molecule has 0 aromatic carbocycles. The molecule has 14 heavy (non-hydrogen) atoms. The number of hydrogen-bond donors (Lipinski definition) is 0. The molecule has 0 saturated carbocycles. The Morgan fingerprint density at radius 1 is 1.21 bits per heavy atom. The third-order valence-electron chi connectivity index (χ3n) is 2.85. The minimum atomic E-state index is -0.399. The summed E-state index contributed by atoms with van der Waals surface area (Å²) < 4.78 is 0. The fraction of sp³-hybridized carbons (Fsp3) is 0.667. The maximum atomic E-state index is 11.3. The Labute approximate surface area is 85.4 Å². The molecule has 0 amide bonds. The van der Waals surface area contributed by atoms with Crippen LogP contribution in [-0.2, 0) is 9.59 Å². The predicted molar refractivity (Wildman–Crippen MR) is 56.0 cm³/mol. The van der Waals surface area contributed by atoms with Gasteiger partial charge in [0.1, 0.15) is 11.6 Å². The van der Waals surface area contributed by atoms with E-state index in [1.54, 1.807) is 0 Å². The van der Waals surface area contributed by atoms with Crippen molar-refractivity contribution in [1.29, 1.82) is 0 Å². The van der Waals surface area contributed by atoms with Crippen LogP contribution in [0.4, 0.5) is 0 Å². The third kappa shape index (κ3) is 2.79. The molecule has 0 fully saturated rings. The maximum absolute atomic E-state index is 11.3. The molecule has 78 valence electrons. The SMILES string of the molecule is CC(=O)C(C(C)=O)C1C=CCCCC1. The van der Waals surface area contributed by atoms with Crippen LogP contribution in [0.3, 0.4) is 0 Å². The van der Waals surface area contributed by atoms with Crippen molar-refractivity contribution < 1.29 is 9.59 Å². The van der Waals surface area contributed by atoms with Crippen LogP contribution in [0.2, 0.25) is 0 Å². The standard InChI is InChI=1S/C12H18O2/c1-9(13)12(10(2)14)11-7-5-3-4-6-8-11/h5,7,11-12H,3-4,6,8H2,1-2H3. The van der Waals surface area contributed by atoms with Crippen LogP contribution < -0.4 is 0 Å². The van der Waals surface area contributed by atoms with Crippen molar-refractivity contribution in [2.45, 2.75) is 39.5 Å². The highest BCUT2D eigenvalue weighted by Crippen LogP contribution is 2.25. The summed E-state index contributed by atoms with van der Waals surface area (Å²) in [6.45, 7) is 3.04. The summed E-state index contributed by atoms with van der Waals surface area (Å²) in [4.78, 5) is 22.7. The van der Waals surface area contributed by atoms with Crippen molar-refractivity contribution in [2.24, 2.45) is 11.8 Å². The molecule has 2 nitrogen and oxygen atoms in total. The van der Waals surface area contributed by atoms with Gasteiger partial charge in [-0.15, -0.1) is 0 Å². The van der Waals surface area contributed by atoms with E-state index < -0.39 is 5.92 Å². The van der Waals surface area contributed by atoms with Gasteiger partial charge in [-0.05, 0) is 39.0 Å². The molecule has 0 bridgehead atoms. The molecule has 0 spiro atoms. The van der Waals surface area contributed by atoms with Crippen molar-refractivity contribution in [2.75, 3.05) is 0 Å². The minimum absolute atomic E-state index is 0.00838. The molecule has 1 unspecified atom stereocenters. The fourth-order valence-electron chi connectivity index (χ4n) is 2.18. The van der Waals surface area contributed by atoms with E-state index in [2.05, 4.69) is 12.2 Å². The average Bonchev–Trinajstić information content (AvgIpc) is 2.31. The van der Waals surface area contributed by atoms with Crippen molar-refractivity contribution in [3.63, 3.8) is 0 Å². The van der Waals surface area contributed by atoms with E-state index in [4.69, 9.17) is 0 Å². The minimum Gasteiger partial charge on any atom is -0.299 e. The second kappa shape index (κ2) is 5.08. The summed E-state index contributed by atoms with van der Waals surface area (Å²) in [5.41, 5.74) is 0. The molecular weight excluding hydrogens is 176 g/mol. The van der Waals surface area contributed by atoms with Gasteiger partial charge in [0.15, 0.2) is 0 Å². The molecule has 2 heteroatoms. The number of rotatable bonds is 3. The molecular formula is C12H18O2. The molecule has 1 rings (SSSR count). The highest BCUT2D eigenvalue weighted by molar-refractivity contribution is 6.00. The van der Waals surface area contributed by atoms with E-state index in [0.29, 0.717) is 0 Å². The third-order valence-corrected chi connectivity index (χ3v) is 2.85. The quantitative estimate of drug-likeness (QED) is 0.511. The maximum Gasteiger partial charge on any atom is 0.140 e. The average molecular weight is 194 g/mol. The first kappa shape index (κ1) is 11.2. The van der Waals surface area contributed by atoms with E-state index in [1.807, 2.05) is 0 Å². The molecule has 0 N–H and O–H groups in total. The lowest BCUT2D eigenvalue weighted by Crippen LogP contribution is -2.27. The summed E-state index contributed by atoms with van der Waals surface area (Å²) in [6.07, 6.45) is 8.51. The zero-order valence-corrected chi connectivity index (χ0v) is 8.95. The molecule has 0 aliphatic heterocycles. The fourth-order valence-corrected chi connectivity index (χ4v) is 2.18. The Bertz CT molecular complexity index is 239. The van der Waals surface area contributed by atoms with Crippen LogP contribution in [0.1, 0.15) is 39.5 Å². The van der Waals surface area contributed by atoms with Gasteiger partial charge < -0.3 is 0 Å². The Morgan fingerprint density at radius 3 is 2.43 bits per heavy atom. The zero-order valence-electron chi connectivity index (χ0n) is 8.95. The van der Waals surface area contributed by atoms with Crippen LogP contribution in [0, 0.1) is 11.8 Å². The summed E-state index contributed by atoms with van der Waals surface area (Å²) >= 11 is 0. The molecule has 0 radical (unpaired) electrons. The van der Waals surface area contributed by atoms with E-state index in [9.17, 15) is 9.59 Å². The van der Waals surface area contributed by atoms with Gasteiger partial charge >= 0.3 is 0 Å². The van der Waals surface area contributed by atoms with Crippen LogP contribution in [0.25, 0.3) is 0 Å². The largest absolute Gasteiger partial charge is 0.299 e. The highest BCUT2D eigenvalue weighted by Gasteiger charge is 2.27. The van der Waals surface area contributed by atoms with Crippen LogP contribution in [0.15, 0.2) is 12.2 Å². The molecule has 0 aromatic heterocycles. The van der Waals surface area contributed by atoms with E-state index in [1.165, 1.54) is 20.3 Å². The molecule has 0 aromatic rings. The molecule has 1 aliphatic carbocycles. The predicted octanol–water partition coefficient (Wildman–Crippen LogP) is 2.53.